The van der Waals surface area contributed by atoms with Gasteiger partial charge in [-0.25, -0.2) is 0 Å². The molecule has 4 atom stereocenters. The molecule has 2 aromatic rings. The number of aryl methyl sites for hydroxylation is 1. The molecule has 0 radical (unpaired) electrons. The Morgan fingerprint density at radius 3 is 2.78 bits per heavy atom. The summed E-state index contributed by atoms with van der Waals surface area (Å²) in [6, 6.07) is 5.23. The third-order valence-electron chi connectivity index (χ3n) is 3.69. The Hall–Kier alpha value is -1.25. The lowest BCUT2D eigenvalue weighted by Crippen LogP contribution is -2.50. The molecule has 3 N–H and O–H groups in total. The molecule has 0 saturated carbocycles. The van der Waals surface area contributed by atoms with Crippen molar-refractivity contribution in [3.8, 4) is 16.9 Å². The van der Waals surface area contributed by atoms with Crippen LogP contribution < -0.4 is 4.74 Å². The average Bonchev–Trinajstić information content (AvgIpc) is 2.96. The van der Waals surface area contributed by atoms with Crippen LogP contribution in [0.3, 0.4) is 0 Å². The molecule has 8 heteroatoms. The summed E-state index contributed by atoms with van der Waals surface area (Å²) in [7, 11) is 0. The number of thioether (sulfide) groups is 1. The average molecular weight is 358 g/mol. The first-order chi connectivity index (χ1) is 11.0. The van der Waals surface area contributed by atoms with E-state index in [1.165, 1.54) is 11.8 Å². The Morgan fingerprint density at radius 1 is 1.30 bits per heavy atom. The van der Waals surface area contributed by atoms with Gasteiger partial charge in [0.1, 0.15) is 23.7 Å². The van der Waals surface area contributed by atoms with Crippen LogP contribution in [0.2, 0.25) is 5.02 Å². The molecule has 1 saturated heterocycles. The van der Waals surface area contributed by atoms with Gasteiger partial charge in [0, 0.05) is 11.3 Å². The lowest BCUT2D eigenvalue weighted by atomic mass is 10.1. The van der Waals surface area contributed by atoms with E-state index in [1.54, 1.807) is 25.3 Å². The highest BCUT2D eigenvalue weighted by Gasteiger charge is 2.38. The summed E-state index contributed by atoms with van der Waals surface area (Å²) in [5.74, 6) is 1.32. The van der Waals surface area contributed by atoms with Crippen molar-refractivity contribution in [3.63, 3.8) is 0 Å². The van der Waals surface area contributed by atoms with Gasteiger partial charge >= 0.3 is 0 Å². The van der Waals surface area contributed by atoms with E-state index in [0.717, 1.165) is 11.1 Å². The number of aliphatic hydroxyl groups is 3. The number of aliphatic hydroxyl groups excluding tert-OH is 3. The second-order valence-electron chi connectivity index (χ2n) is 5.31. The molecule has 3 rings (SSSR count). The molecular weight excluding hydrogens is 342 g/mol. The number of benzene rings is 1. The maximum atomic E-state index is 10.0. The van der Waals surface area contributed by atoms with E-state index in [9.17, 15) is 15.3 Å². The smallest absolute Gasteiger partial charge is 0.173 e. The van der Waals surface area contributed by atoms with Crippen molar-refractivity contribution in [3.05, 3.63) is 35.2 Å². The van der Waals surface area contributed by atoms with Gasteiger partial charge in [0.2, 0.25) is 0 Å². The fourth-order valence-corrected chi connectivity index (χ4v) is 3.62. The summed E-state index contributed by atoms with van der Waals surface area (Å²) >= 11 is 7.38. The highest BCUT2D eigenvalue weighted by Crippen LogP contribution is 2.36. The Labute approximate surface area is 142 Å². The number of hydrogen-bond acceptors (Lipinski definition) is 7. The Kier molecular flexibility index (Phi) is 4.84. The highest BCUT2D eigenvalue weighted by molar-refractivity contribution is 7.99. The number of halogens is 1. The Balaban J connectivity index is 1.84. The number of nitrogens with zero attached hydrogens (tertiary/aromatic N) is 1. The van der Waals surface area contributed by atoms with Gasteiger partial charge in [0.25, 0.3) is 0 Å². The molecule has 0 unspecified atom stereocenters. The van der Waals surface area contributed by atoms with Crippen LogP contribution in [0.1, 0.15) is 5.76 Å². The summed E-state index contributed by atoms with van der Waals surface area (Å²) in [6.07, 6.45) is -1.83. The molecule has 0 bridgehead atoms. The second-order valence-corrected chi connectivity index (χ2v) is 6.85. The van der Waals surface area contributed by atoms with Crippen LogP contribution in [0.4, 0.5) is 0 Å². The van der Waals surface area contributed by atoms with E-state index in [4.69, 9.17) is 20.9 Å². The largest absolute Gasteiger partial charge is 0.475 e. The number of ether oxygens (including phenoxy) is 1. The zero-order valence-corrected chi connectivity index (χ0v) is 13.8. The molecular formula is C15H16ClNO5S. The van der Waals surface area contributed by atoms with Crippen molar-refractivity contribution in [2.75, 3.05) is 5.75 Å². The monoisotopic (exact) mass is 357 g/mol. The van der Waals surface area contributed by atoms with Gasteiger partial charge in [0.05, 0.1) is 17.3 Å². The van der Waals surface area contributed by atoms with Gasteiger partial charge in [-0.3, -0.25) is 0 Å². The SMILES string of the molecule is Cc1oncc1-c1ccc(Cl)c(O[C@@H]2SC[C@@H](O)[C@H](O)[C@H]2O)c1. The minimum atomic E-state index is -1.25. The molecule has 1 aliphatic rings. The van der Waals surface area contributed by atoms with Crippen molar-refractivity contribution in [1.82, 2.24) is 5.16 Å². The van der Waals surface area contributed by atoms with E-state index in [2.05, 4.69) is 5.16 Å². The van der Waals surface area contributed by atoms with Crippen LogP contribution in [-0.4, -0.2) is 50.0 Å². The fraction of sp³-hybridized carbons (Fsp3) is 0.400. The quantitative estimate of drug-likeness (QED) is 0.771. The van der Waals surface area contributed by atoms with Crippen LogP contribution in [0, 0.1) is 6.92 Å². The highest BCUT2D eigenvalue weighted by atomic mass is 35.5. The minimum absolute atomic E-state index is 0.269. The fourth-order valence-electron chi connectivity index (χ4n) is 2.35. The van der Waals surface area contributed by atoms with Crippen molar-refractivity contribution < 1.29 is 24.6 Å². The molecule has 0 spiro atoms. The summed E-state index contributed by atoms with van der Waals surface area (Å²) in [4.78, 5) is 0. The summed E-state index contributed by atoms with van der Waals surface area (Å²) < 4.78 is 10.8. The van der Waals surface area contributed by atoms with Gasteiger partial charge < -0.3 is 24.6 Å². The van der Waals surface area contributed by atoms with E-state index in [1.807, 2.05) is 6.07 Å². The molecule has 0 aliphatic carbocycles. The first kappa shape index (κ1) is 16.6. The van der Waals surface area contributed by atoms with Gasteiger partial charge in [-0.1, -0.05) is 22.8 Å². The maximum Gasteiger partial charge on any atom is 0.173 e. The Morgan fingerprint density at radius 2 is 2.09 bits per heavy atom. The third-order valence-corrected chi connectivity index (χ3v) is 5.24. The number of hydrogen-bond donors (Lipinski definition) is 3. The van der Waals surface area contributed by atoms with Crippen molar-refractivity contribution in [2.24, 2.45) is 0 Å². The number of aromatic nitrogens is 1. The zero-order chi connectivity index (χ0) is 16.6. The van der Waals surface area contributed by atoms with E-state index >= 15 is 0 Å². The minimum Gasteiger partial charge on any atom is -0.475 e. The molecule has 1 aliphatic heterocycles. The predicted molar refractivity (Wildman–Crippen MR) is 86.6 cm³/mol. The molecule has 2 heterocycles. The van der Waals surface area contributed by atoms with Crippen LogP contribution in [0.5, 0.6) is 5.75 Å². The molecule has 23 heavy (non-hydrogen) atoms. The third kappa shape index (κ3) is 3.34. The van der Waals surface area contributed by atoms with Crippen LogP contribution in [0.15, 0.2) is 28.9 Å². The van der Waals surface area contributed by atoms with Crippen molar-refractivity contribution >= 4 is 23.4 Å². The first-order valence-electron chi connectivity index (χ1n) is 7.01. The van der Waals surface area contributed by atoms with Crippen LogP contribution in [-0.2, 0) is 0 Å². The van der Waals surface area contributed by atoms with E-state index in [0.29, 0.717) is 16.5 Å². The van der Waals surface area contributed by atoms with Gasteiger partial charge in [0.15, 0.2) is 5.44 Å². The standard InChI is InChI=1S/C15H16ClNO5S/c1-7-9(5-17-22-7)8-2-3-10(16)12(4-8)21-15-14(20)13(19)11(18)6-23-15/h2-5,11,13-15,18-20H,6H2,1H3/t11-,13+,14-,15-/m1/s1. The molecule has 1 aromatic carbocycles. The molecule has 1 fully saturated rings. The van der Waals surface area contributed by atoms with Gasteiger partial charge in [-0.2, -0.15) is 0 Å². The number of rotatable bonds is 3. The van der Waals surface area contributed by atoms with E-state index in [-0.39, 0.29) is 5.75 Å². The zero-order valence-electron chi connectivity index (χ0n) is 12.2. The molecule has 1 aromatic heterocycles. The normalized spacial score (nSPS) is 27.9. The summed E-state index contributed by atoms with van der Waals surface area (Å²) in [5, 5.41) is 33.5. The summed E-state index contributed by atoms with van der Waals surface area (Å²) in [6.45, 7) is 1.80. The van der Waals surface area contributed by atoms with Gasteiger partial charge in [-0.05, 0) is 24.6 Å². The van der Waals surface area contributed by atoms with Crippen molar-refractivity contribution in [1.29, 1.82) is 0 Å². The lowest BCUT2D eigenvalue weighted by Gasteiger charge is -2.34. The van der Waals surface area contributed by atoms with Crippen LogP contribution in [0.25, 0.3) is 11.1 Å². The lowest BCUT2D eigenvalue weighted by molar-refractivity contribution is -0.0785. The van der Waals surface area contributed by atoms with Crippen LogP contribution >= 0.6 is 23.4 Å². The Bertz CT molecular complexity index is 694. The molecule has 6 nitrogen and oxygen atoms in total. The maximum absolute atomic E-state index is 10.0. The second kappa shape index (κ2) is 6.70. The molecule has 124 valence electrons. The first-order valence-corrected chi connectivity index (χ1v) is 8.43. The van der Waals surface area contributed by atoms with E-state index < -0.39 is 23.7 Å². The summed E-state index contributed by atoms with van der Waals surface area (Å²) in [5.41, 5.74) is 0.919. The predicted octanol–water partition coefficient (Wildman–Crippen LogP) is 1.84. The van der Waals surface area contributed by atoms with Crippen molar-refractivity contribution in [2.45, 2.75) is 30.7 Å². The van der Waals surface area contributed by atoms with Gasteiger partial charge in [-0.15, -0.1) is 11.8 Å². The topological polar surface area (TPSA) is 96.0 Å². The molecule has 0 amide bonds.